The first kappa shape index (κ1) is 23.6. The number of hydrogen-bond donors (Lipinski definition) is 3. The van der Waals surface area contributed by atoms with Crippen LogP contribution in [0.15, 0.2) is 4.99 Å². The number of nitrogens with one attached hydrogen (secondary N) is 3. The van der Waals surface area contributed by atoms with E-state index in [1.54, 1.807) is 7.05 Å². The third-order valence-electron chi connectivity index (χ3n) is 3.92. The fourth-order valence-corrected chi connectivity index (χ4v) is 2.02. The van der Waals surface area contributed by atoms with Crippen molar-refractivity contribution in [2.75, 3.05) is 20.1 Å². The Labute approximate surface area is 167 Å². The van der Waals surface area contributed by atoms with Gasteiger partial charge in [-0.05, 0) is 27.2 Å². The minimum absolute atomic E-state index is 0. The molecule has 0 aliphatic heterocycles. The number of guanidine groups is 1. The second-order valence-corrected chi connectivity index (χ2v) is 6.48. The number of halogens is 1. The van der Waals surface area contributed by atoms with Gasteiger partial charge >= 0.3 is 0 Å². The predicted octanol–water partition coefficient (Wildman–Crippen LogP) is 1.35. The van der Waals surface area contributed by atoms with Crippen molar-refractivity contribution in [2.45, 2.75) is 47.1 Å². The maximum atomic E-state index is 11.9. The van der Waals surface area contributed by atoms with E-state index >= 15 is 0 Å². The van der Waals surface area contributed by atoms with E-state index in [1.165, 1.54) is 0 Å². The monoisotopic (exact) mass is 465 g/mol. The fraction of sp³-hybridized carbons (Fsp3) is 0.750. The van der Waals surface area contributed by atoms with Gasteiger partial charge in [0.05, 0.1) is 5.41 Å². The van der Waals surface area contributed by atoms with Gasteiger partial charge in [-0.3, -0.25) is 4.79 Å². The van der Waals surface area contributed by atoms with Gasteiger partial charge in [0.1, 0.15) is 12.4 Å². The van der Waals surface area contributed by atoms with Crippen molar-refractivity contribution in [1.82, 2.24) is 30.7 Å². The van der Waals surface area contributed by atoms with Crippen molar-refractivity contribution in [3.8, 4) is 0 Å². The highest BCUT2D eigenvalue weighted by Crippen LogP contribution is 2.13. The minimum atomic E-state index is -0.524. The van der Waals surface area contributed by atoms with E-state index in [-0.39, 0.29) is 29.9 Å². The molecule has 144 valence electrons. The topological polar surface area (TPSA) is 96.2 Å². The van der Waals surface area contributed by atoms with Crippen LogP contribution < -0.4 is 16.0 Å². The van der Waals surface area contributed by atoms with Crippen LogP contribution in [0, 0.1) is 12.3 Å². The molecular weight excluding hydrogens is 433 g/mol. The summed E-state index contributed by atoms with van der Waals surface area (Å²) in [5.74, 6) is 2.33. The Kier molecular flexibility index (Phi) is 10.6. The van der Waals surface area contributed by atoms with E-state index in [4.69, 9.17) is 0 Å². The highest BCUT2D eigenvalue weighted by Gasteiger charge is 2.26. The van der Waals surface area contributed by atoms with Crippen LogP contribution in [0.1, 0.15) is 45.3 Å². The zero-order valence-corrected chi connectivity index (χ0v) is 18.5. The standard InChI is InChI=1S/C16H31N7O.HI/c1-7-8-9-18-15(20-11-16(3,4)14(24)17-5)19-10-13-22-21-12(2)23(13)6;/h7-11H2,1-6H3,(H,17,24)(H2,18,19,20);1H. The van der Waals surface area contributed by atoms with Crippen LogP contribution in [0.2, 0.25) is 0 Å². The minimum Gasteiger partial charge on any atom is -0.359 e. The number of carbonyl (C=O) groups excluding carboxylic acids is 1. The molecule has 0 fully saturated rings. The lowest BCUT2D eigenvalue weighted by atomic mass is 9.92. The molecule has 0 aromatic carbocycles. The summed E-state index contributed by atoms with van der Waals surface area (Å²) in [5.41, 5.74) is -0.524. The molecule has 1 aromatic heterocycles. The molecule has 1 heterocycles. The van der Waals surface area contributed by atoms with Gasteiger partial charge in [-0.1, -0.05) is 13.3 Å². The number of aromatic nitrogens is 3. The van der Waals surface area contributed by atoms with Crippen LogP contribution in [-0.4, -0.2) is 46.8 Å². The molecule has 0 saturated carbocycles. The number of aryl methyl sites for hydroxylation is 1. The molecule has 8 nitrogen and oxygen atoms in total. The van der Waals surface area contributed by atoms with Gasteiger partial charge in [0.2, 0.25) is 5.91 Å². The largest absolute Gasteiger partial charge is 0.359 e. The molecule has 0 spiro atoms. The predicted molar refractivity (Wildman–Crippen MR) is 111 cm³/mol. The Morgan fingerprint density at radius 3 is 2.48 bits per heavy atom. The first-order valence-corrected chi connectivity index (χ1v) is 8.41. The molecule has 25 heavy (non-hydrogen) atoms. The molecule has 0 bridgehead atoms. The highest BCUT2D eigenvalue weighted by atomic mass is 127. The Bertz CT molecular complexity index is 569. The van der Waals surface area contributed by atoms with Gasteiger partial charge in [0, 0.05) is 27.2 Å². The molecule has 0 aliphatic rings. The summed E-state index contributed by atoms with van der Waals surface area (Å²) in [6, 6.07) is 0. The Morgan fingerprint density at radius 1 is 1.28 bits per heavy atom. The van der Waals surface area contributed by atoms with Gasteiger partial charge in [-0.2, -0.15) is 0 Å². The van der Waals surface area contributed by atoms with Gasteiger partial charge in [0.15, 0.2) is 11.8 Å². The Morgan fingerprint density at radius 2 is 1.96 bits per heavy atom. The molecule has 1 aromatic rings. The number of hydrogen-bond acceptors (Lipinski definition) is 4. The van der Waals surface area contributed by atoms with E-state index in [1.807, 2.05) is 32.4 Å². The number of rotatable bonds is 8. The Balaban J connectivity index is 0.00000576. The molecular formula is C16H32IN7O. The zero-order valence-electron chi connectivity index (χ0n) is 16.1. The summed E-state index contributed by atoms with van der Waals surface area (Å²) in [7, 11) is 3.57. The fourth-order valence-electron chi connectivity index (χ4n) is 2.02. The summed E-state index contributed by atoms with van der Waals surface area (Å²) in [6.45, 7) is 9.60. The molecule has 0 atom stereocenters. The quantitative estimate of drug-likeness (QED) is 0.233. The molecule has 3 N–H and O–H groups in total. The van der Waals surface area contributed by atoms with Crippen molar-refractivity contribution in [2.24, 2.45) is 17.5 Å². The third-order valence-corrected chi connectivity index (χ3v) is 3.92. The number of amides is 1. The molecule has 1 rings (SSSR count). The molecule has 0 radical (unpaired) electrons. The lowest BCUT2D eigenvalue weighted by Crippen LogP contribution is -2.47. The first-order chi connectivity index (χ1) is 11.3. The van der Waals surface area contributed by atoms with Crippen molar-refractivity contribution >= 4 is 35.8 Å². The van der Waals surface area contributed by atoms with Crippen LogP contribution >= 0.6 is 24.0 Å². The van der Waals surface area contributed by atoms with Crippen molar-refractivity contribution in [3.05, 3.63) is 11.6 Å². The third kappa shape index (κ3) is 7.57. The number of carbonyl (C=O) groups is 1. The smallest absolute Gasteiger partial charge is 0.227 e. The van der Waals surface area contributed by atoms with Gasteiger partial charge < -0.3 is 20.5 Å². The van der Waals surface area contributed by atoms with E-state index < -0.39 is 5.41 Å². The summed E-state index contributed by atoms with van der Waals surface area (Å²) in [4.78, 5) is 16.5. The normalized spacial score (nSPS) is 11.7. The van der Waals surface area contributed by atoms with E-state index in [0.29, 0.717) is 19.0 Å². The molecule has 9 heteroatoms. The maximum Gasteiger partial charge on any atom is 0.227 e. The zero-order chi connectivity index (χ0) is 18.2. The second-order valence-electron chi connectivity index (χ2n) is 6.48. The average Bonchev–Trinajstić information content (AvgIpc) is 2.88. The molecule has 0 saturated heterocycles. The van der Waals surface area contributed by atoms with Crippen LogP contribution in [0.5, 0.6) is 0 Å². The number of aliphatic imine (C=N–C) groups is 1. The lowest BCUT2D eigenvalue weighted by Gasteiger charge is -2.24. The lowest BCUT2D eigenvalue weighted by molar-refractivity contribution is -0.128. The van der Waals surface area contributed by atoms with Crippen LogP contribution in [0.4, 0.5) is 0 Å². The molecule has 0 aliphatic carbocycles. The van der Waals surface area contributed by atoms with Crippen LogP contribution in [0.25, 0.3) is 0 Å². The van der Waals surface area contributed by atoms with Gasteiger partial charge in [0.25, 0.3) is 0 Å². The van der Waals surface area contributed by atoms with E-state index in [2.05, 4.69) is 38.1 Å². The van der Waals surface area contributed by atoms with Crippen molar-refractivity contribution < 1.29 is 4.79 Å². The van der Waals surface area contributed by atoms with E-state index in [9.17, 15) is 4.79 Å². The van der Waals surface area contributed by atoms with Gasteiger partial charge in [-0.25, -0.2) is 4.99 Å². The summed E-state index contributed by atoms with van der Waals surface area (Å²) in [5, 5.41) is 17.4. The van der Waals surface area contributed by atoms with Crippen LogP contribution in [0.3, 0.4) is 0 Å². The van der Waals surface area contributed by atoms with Crippen molar-refractivity contribution in [3.63, 3.8) is 0 Å². The maximum absolute atomic E-state index is 11.9. The first-order valence-electron chi connectivity index (χ1n) is 8.41. The second kappa shape index (κ2) is 11.3. The van der Waals surface area contributed by atoms with Crippen molar-refractivity contribution in [1.29, 1.82) is 0 Å². The van der Waals surface area contributed by atoms with E-state index in [0.717, 1.165) is 31.0 Å². The van der Waals surface area contributed by atoms with Gasteiger partial charge in [-0.15, -0.1) is 34.2 Å². The summed E-state index contributed by atoms with van der Waals surface area (Å²) < 4.78 is 1.92. The molecule has 1 amide bonds. The molecule has 0 unspecified atom stereocenters. The number of unbranched alkanes of at least 4 members (excludes halogenated alkanes) is 1. The van der Waals surface area contributed by atoms with Crippen LogP contribution in [-0.2, 0) is 18.4 Å². The number of nitrogens with zero attached hydrogens (tertiary/aromatic N) is 4. The average molecular weight is 465 g/mol. The summed E-state index contributed by atoms with van der Waals surface area (Å²) in [6.07, 6.45) is 2.16. The highest BCUT2D eigenvalue weighted by molar-refractivity contribution is 14.0. The summed E-state index contributed by atoms with van der Waals surface area (Å²) >= 11 is 0. The Hall–Kier alpha value is -1.39. The SMILES string of the molecule is CCCCNC(=NCc1nnc(C)n1C)NCC(C)(C)C(=O)NC.I.